The summed E-state index contributed by atoms with van der Waals surface area (Å²) < 4.78 is 7.06. The lowest BCUT2D eigenvalue weighted by atomic mass is 9.98. The molecule has 1 saturated heterocycles. The molecular weight excluding hydrogens is 338 g/mol. The van der Waals surface area contributed by atoms with E-state index in [4.69, 9.17) is 16.3 Å². The Morgan fingerprint density at radius 1 is 1.16 bits per heavy atom. The minimum atomic E-state index is 0.444. The lowest BCUT2D eigenvalue weighted by Gasteiger charge is -2.33. The van der Waals surface area contributed by atoms with Gasteiger partial charge in [-0.05, 0) is 36.5 Å². The number of fused-ring (bicyclic) bond motifs is 1. The van der Waals surface area contributed by atoms with Crippen LogP contribution in [0.5, 0.6) is 5.75 Å². The topological polar surface area (TPSA) is 55.6 Å². The second-order valence-electron chi connectivity index (χ2n) is 6.47. The van der Waals surface area contributed by atoms with Gasteiger partial charge in [0.25, 0.3) is 5.78 Å². The average molecular weight is 358 g/mol. The predicted octanol–water partition coefficient (Wildman–Crippen LogP) is 3.69. The molecule has 1 aliphatic heterocycles. The molecule has 0 spiro atoms. The zero-order valence-corrected chi connectivity index (χ0v) is 15.1. The number of hydrogen-bond acceptors (Lipinski definition) is 5. The van der Waals surface area contributed by atoms with E-state index < -0.39 is 0 Å². The van der Waals surface area contributed by atoms with E-state index in [0.29, 0.717) is 10.9 Å². The highest BCUT2D eigenvalue weighted by molar-refractivity contribution is 6.33. The second kappa shape index (κ2) is 6.52. The molecule has 0 radical (unpaired) electrons. The molecule has 0 atom stereocenters. The Labute approximate surface area is 151 Å². The standard InChI is InChI=1S/C18H20ClN5O/c1-12-7-9-23(10-8-12)17-15(13-3-5-14(25-2)6-4-13)16(19)22-18-20-11-21-24(17)18/h3-6,11-12H,7-10H2,1-2H3. The first-order valence-corrected chi connectivity index (χ1v) is 8.84. The molecule has 6 nitrogen and oxygen atoms in total. The fourth-order valence-corrected chi connectivity index (χ4v) is 3.59. The molecule has 0 saturated carbocycles. The number of rotatable bonds is 3. The van der Waals surface area contributed by atoms with Crippen molar-refractivity contribution in [3.05, 3.63) is 35.7 Å². The molecule has 0 bridgehead atoms. The first-order valence-electron chi connectivity index (χ1n) is 8.46. The fraction of sp³-hybridized carbons (Fsp3) is 0.389. The van der Waals surface area contributed by atoms with Crippen LogP contribution in [0.15, 0.2) is 30.6 Å². The van der Waals surface area contributed by atoms with Gasteiger partial charge in [0.05, 0.1) is 12.7 Å². The number of hydrogen-bond donors (Lipinski definition) is 0. The van der Waals surface area contributed by atoms with Crippen molar-refractivity contribution in [2.75, 3.05) is 25.1 Å². The first-order chi connectivity index (χ1) is 12.2. The minimum Gasteiger partial charge on any atom is -0.497 e. The molecule has 1 fully saturated rings. The molecule has 25 heavy (non-hydrogen) atoms. The number of benzene rings is 1. The summed E-state index contributed by atoms with van der Waals surface area (Å²) in [6.07, 6.45) is 3.82. The summed E-state index contributed by atoms with van der Waals surface area (Å²) in [5.41, 5.74) is 1.88. The highest BCUT2D eigenvalue weighted by Crippen LogP contribution is 2.38. The van der Waals surface area contributed by atoms with Crippen LogP contribution in [-0.4, -0.2) is 39.8 Å². The maximum atomic E-state index is 6.57. The van der Waals surface area contributed by atoms with E-state index in [1.54, 1.807) is 11.6 Å². The van der Waals surface area contributed by atoms with E-state index >= 15 is 0 Å². The molecule has 0 amide bonds. The van der Waals surface area contributed by atoms with Gasteiger partial charge < -0.3 is 9.64 Å². The smallest absolute Gasteiger partial charge is 0.255 e. The molecule has 0 unspecified atom stereocenters. The van der Waals surface area contributed by atoms with Gasteiger partial charge in [-0.15, -0.1) is 0 Å². The maximum absolute atomic E-state index is 6.57. The fourth-order valence-electron chi connectivity index (χ4n) is 3.32. The van der Waals surface area contributed by atoms with E-state index in [-0.39, 0.29) is 0 Å². The molecule has 1 aromatic carbocycles. The van der Waals surface area contributed by atoms with E-state index in [9.17, 15) is 0 Å². The number of halogens is 1. The van der Waals surface area contributed by atoms with Gasteiger partial charge in [0.2, 0.25) is 0 Å². The Kier molecular flexibility index (Phi) is 4.21. The molecule has 2 aromatic heterocycles. The van der Waals surface area contributed by atoms with Crippen LogP contribution in [0, 0.1) is 5.92 Å². The van der Waals surface area contributed by atoms with Gasteiger partial charge in [0.1, 0.15) is 23.0 Å². The van der Waals surface area contributed by atoms with Crippen LogP contribution in [0.4, 0.5) is 5.82 Å². The highest BCUT2D eigenvalue weighted by Gasteiger charge is 2.25. The van der Waals surface area contributed by atoms with Crippen molar-refractivity contribution in [1.82, 2.24) is 19.6 Å². The largest absolute Gasteiger partial charge is 0.497 e. The summed E-state index contributed by atoms with van der Waals surface area (Å²) in [5.74, 6) is 3.03. The number of aromatic nitrogens is 4. The summed E-state index contributed by atoms with van der Waals surface area (Å²) in [4.78, 5) is 11.0. The number of ether oxygens (including phenoxy) is 1. The van der Waals surface area contributed by atoms with Crippen molar-refractivity contribution in [3.63, 3.8) is 0 Å². The maximum Gasteiger partial charge on any atom is 0.255 e. The van der Waals surface area contributed by atoms with Crippen molar-refractivity contribution in [3.8, 4) is 16.9 Å². The summed E-state index contributed by atoms with van der Waals surface area (Å²) in [7, 11) is 1.66. The van der Waals surface area contributed by atoms with Crippen LogP contribution in [-0.2, 0) is 0 Å². The zero-order valence-electron chi connectivity index (χ0n) is 14.3. The molecule has 0 N–H and O–H groups in total. The average Bonchev–Trinajstić information content (AvgIpc) is 3.09. The number of nitrogens with zero attached hydrogens (tertiary/aromatic N) is 5. The molecule has 7 heteroatoms. The third kappa shape index (κ3) is 2.91. The van der Waals surface area contributed by atoms with Gasteiger partial charge in [0, 0.05) is 13.1 Å². The van der Waals surface area contributed by atoms with Gasteiger partial charge in [-0.1, -0.05) is 30.7 Å². The van der Waals surface area contributed by atoms with Crippen LogP contribution >= 0.6 is 11.6 Å². The first kappa shape index (κ1) is 16.1. The van der Waals surface area contributed by atoms with Crippen molar-refractivity contribution in [2.45, 2.75) is 19.8 Å². The van der Waals surface area contributed by atoms with Gasteiger partial charge in [-0.2, -0.15) is 19.6 Å². The molecule has 0 aliphatic carbocycles. The SMILES string of the molecule is COc1ccc(-c2c(Cl)nc3ncnn3c2N2CCC(C)CC2)cc1. The van der Waals surface area contributed by atoms with Crippen LogP contribution in [0.1, 0.15) is 19.8 Å². The van der Waals surface area contributed by atoms with Crippen LogP contribution in [0.2, 0.25) is 5.15 Å². The Bertz CT molecular complexity index is 884. The number of piperidine rings is 1. The third-order valence-corrected chi connectivity index (χ3v) is 5.09. The zero-order chi connectivity index (χ0) is 17.4. The Morgan fingerprint density at radius 3 is 2.56 bits per heavy atom. The molecular formula is C18H20ClN5O. The van der Waals surface area contributed by atoms with Gasteiger partial charge in [-0.3, -0.25) is 0 Å². The number of methoxy groups -OCH3 is 1. The quantitative estimate of drug-likeness (QED) is 0.669. The van der Waals surface area contributed by atoms with Crippen LogP contribution in [0.3, 0.4) is 0 Å². The normalized spacial score (nSPS) is 15.7. The van der Waals surface area contributed by atoms with Gasteiger partial charge >= 0.3 is 0 Å². The van der Waals surface area contributed by atoms with Crippen molar-refractivity contribution < 1.29 is 4.74 Å². The predicted molar refractivity (Wildman–Crippen MR) is 98.4 cm³/mol. The van der Waals surface area contributed by atoms with Gasteiger partial charge in [0.15, 0.2) is 0 Å². The minimum absolute atomic E-state index is 0.444. The van der Waals surface area contributed by atoms with Gasteiger partial charge in [-0.25, -0.2) is 0 Å². The lowest BCUT2D eigenvalue weighted by Crippen LogP contribution is -2.34. The second-order valence-corrected chi connectivity index (χ2v) is 6.83. The Balaban J connectivity index is 1.89. The highest BCUT2D eigenvalue weighted by atomic mass is 35.5. The van der Waals surface area contributed by atoms with Crippen molar-refractivity contribution in [1.29, 1.82) is 0 Å². The Morgan fingerprint density at radius 2 is 1.88 bits per heavy atom. The summed E-state index contributed by atoms with van der Waals surface area (Å²) in [6, 6.07) is 7.86. The van der Waals surface area contributed by atoms with E-state index in [1.807, 2.05) is 24.3 Å². The van der Waals surface area contributed by atoms with Crippen LogP contribution in [0.25, 0.3) is 16.9 Å². The van der Waals surface area contributed by atoms with E-state index in [2.05, 4.69) is 26.9 Å². The molecule has 3 aromatic rings. The molecule has 3 heterocycles. The molecule has 1 aliphatic rings. The lowest BCUT2D eigenvalue weighted by molar-refractivity contribution is 0.415. The summed E-state index contributed by atoms with van der Waals surface area (Å²) in [6.45, 7) is 4.24. The molecule has 4 rings (SSSR count). The monoisotopic (exact) mass is 357 g/mol. The van der Waals surface area contributed by atoms with Crippen molar-refractivity contribution >= 4 is 23.2 Å². The van der Waals surface area contributed by atoms with E-state index in [1.165, 1.54) is 6.33 Å². The Hall–Kier alpha value is -2.34. The summed E-state index contributed by atoms with van der Waals surface area (Å²) >= 11 is 6.57. The summed E-state index contributed by atoms with van der Waals surface area (Å²) in [5, 5.41) is 4.84. The third-order valence-electron chi connectivity index (χ3n) is 4.82. The van der Waals surface area contributed by atoms with Crippen LogP contribution < -0.4 is 9.64 Å². The van der Waals surface area contributed by atoms with Crippen molar-refractivity contribution in [2.24, 2.45) is 5.92 Å². The molecule has 130 valence electrons. The number of anilines is 1. The van der Waals surface area contributed by atoms with E-state index in [0.717, 1.165) is 54.5 Å².